The maximum atomic E-state index is 13.0. The molecule has 0 heterocycles. The van der Waals surface area contributed by atoms with Crippen LogP contribution in [0.25, 0.3) is 0 Å². The number of hydrogen-bond acceptors (Lipinski definition) is 0. The van der Waals surface area contributed by atoms with Crippen molar-refractivity contribution < 1.29 is 13.2 Å². The number of alkyl halides is 3. The smallest absolute Gasteiger partial charge is 0.241 e. The van der Waals surface area contributed by atoms with Gasteiger partial charge in [0, 0.05) is 0 Å². The summed E-state index contributed by atoms with van der Waals surface area (Å²) >= 11 is 0. The SMILES string of the molecule is CC(C1CCCCC1)C(F)C(F)F. The highest BCUT2D eigenvalue weighted by molar-refractivity contribution is 4.77. The van der Waals surface area contributed by atoms with E-state index >= 15 is 0 Å². The summed E-state index contributed by atoms with van der Waals surface area (Å²) in [4.78, 5) is 0. The highest BCUT2D eigenvalue weighted by Crippen LogP contribution is 2.34. The fourth-order valence-electron chi connectivity index (χ4n) is 2.15. The molecule has 3 heteroatoms. The Balaban J connectivity index is 2.40. The normalized spacial score (nSPS) is 24.7. The average molecular weight is 194 g/mol. The zero-order chi connectivity index (χ0) is 9.84. The Bertz CT molecular complexity index is 141. The first-order chi connectivity index (χ1) is 6.13. The minimum Gasteiger partial charge on any atom is -0.241 e. The highest BCUT2D eigenvalue weighted by atomic mass is 19.3. The monoisotopic (exact) mass is 194 g/mol. The van der Waals surface area contributed by atoms with Gasteiger partial charge in [0.2, 0.25) is 0 Å². The van der Waals surface area contributed by atoms with Gasteiger partial charge in [-0.15, -0.1) is 0 Å². The van der Waals surface area contributed by atoms with Crippen molar-refractivity contribution in [2.24, 2.45) is 11.8 Å². The Hall–Kier alpha value is -0.210. The van der Waals surface area contributed by atoms with E-state index in [1.165, 1.54) is 6.42 Å². The number of hydrogen-bond donors (Lipinski definition) is 0. The van der Waals surface area contributed by atoms with Crippen molar-refractivity contribution in [2.45, 2.75) is 51.6 Å². The van der Waals surface area contributed by atoms with E-state index in [1.54, 1.807) is 6.92 Å². The van der Waals surface area contributed by atoms with Gasteiger partial charge in [0.05, 0.1) is 0 Å². The molecule has 1 aliphatic rings. The van der Waals surface area contributed by atoms with Crippen LogP contribution in [0, 0.1) is 11.8 Å². The second-order valence-corrected chi connectivity index (χ2v) is 4.04. The molecule has 0 spiro atoms. The molecule has 78 valence electrons. The van der Waals surface area contributed by atoms with Crippen LogP contribution in [-0.4, -0.2) is 12.6 Å². The second-order valence-electron chi connectivity index (χ2n) is 4.04. The van der Waals surface area contributed by atoms with Gasteiger partial charge in [-0.3, -0.25) is 0 Å². The zero-order valence-electron chi connectivity index (χ0n) is 7.98. The molecular weight excluding hydrogens is 177 g/mol. The lowest BCUT2D eigenvalue weighted by Crippen LogP contribution is -2.29. The van der Waals surface area contributed by atoms with Crippen LogP contribution < -0.4 is 0 Å². The molecule has 2 unspecified atom stereocenters. The second kappa shape index (κ2) is 4.87. The van der Waals surface area contributed by atoms with Gasteiger partial charge in [-0.25, -0.2) is 13.2 Å². The summed E-state index contributed by atoms with van der Waals surface area (Å²) in [5, 5.41) is 0. The van der Waals surface area contributed by atoms with Crippen LogP contribution in [0.4, 0.5) is 13.2 Å². The Labute approximate surface area is 77.5 Å². The van der Waals surface area contributed by atoms with Crippen LogP contribution >= 0.6 is 0 Å². The van der Waals surface area contributed by atoms with Crippen molar-refractivity contribution >= 4 is 0 Å². The molecule has 0 bridgehead atoms. The van der Waals surface area contributed by atoms with Crippen molar-refractivity contribution in [1.29, 1.82) is 0 Å². The highest BCUT2D eigenvalue weighted by Gasteiger charge is 2.32. The summed E-state index contributed by atoms with van der Waals surface area (Å²) in [6, 6.07) is 0. The first-order valence-corrected chi connectivity index (χ1v) is 5.05. The topological polar surface area (TPSA) is 0 Å². The first kappa shape index (κ1) is 10.9. The molecule has 0 radical (unpaired) electrons. The van der Waals surface area contributed by atoms with Gasteiger partial charge in [0.25, 0.3) is 6.43 Å². The van der Waals surface area contributed by atoms with E-state index in [4.69, 9.17) is 0 Å². The third-order valence-electron chi connectivity index (χ3n) is 3.14. The van der Waals surface area contributed by atoms with Crippen molar-refractivity contribution in [1.82, 2.24) is 0 Å². The zero-order valence-corrected chi connectivity index (χ0v) is 7.98. The fraction of sp³-hybridized carbons (Fsp3) is 1.00. The first-order valence-electron chi connectivity index (χ1n) is 5.05. The summed E-state index contributed by atoms with van der Waals surface area (Å²) in [7, 11) is 0. The van der Waals surface area contributed by atoms with E-state index in [0.717, 1.165) is 25.7 Å². The van der Waals surface area contributed by atoms with Crippen molar-refractivity contribution in [3.8, 4) is 0 Å². The lowest BCUT2D eigenvalue weighted by molar-refractivity contribution is -0.00107. The quantitative estimate of drug-likeness (QED) is 0.641. The summed E-state index contributed by atoms with van der Waals surface area (Å²) < 4.78 is 37.1. The van der Waals surface area contributed by atoms with E-state index in [-0.39, 0.29) is 5.92 Å². The Morgan fingerprint density at radius 3 is 2.00 bits per heavy atom. The van der Waals surface area contributed by atoms with E-state index in [2.05, 4.69) is 0 Å². The van der Waals surface area contributed by atoms with Gasteiger partial charge in [0.15, 0.2) is 6.17 Å². The molecule has 0 amide bonds. The van der Waals surface area contributed by atoms with Crippen molar-refractivity contribution in [3.05, 3.63) is 0 Å². The third kappa shape index (κ3) is 2.89. The van der Waals surface area contributed by atoms with Gasteiger partial charge in [-0.1, -0.05) is 39.0 Å². The molecule has 13 heavy (non-hydrogen) atoms. The molecular formula is C10H17F3. The minimum atomic E-state index is -2.81. The van der Waals surface area contributed by atoms with Crippen LogP contribution in [0.15, 0.2) is 0 Å². The minimum absolute atomic E-state index is 0.178. The lowest BCUT2D eigenvalue weighted by atomic mass is 9.79. The molecule has 1 rings (SSSR count). The molecule has 0 aromatic rings. The molecule has 0 aromatic heterocycles. The Morgan fingerprint density at radius 2 is 1.54 bits per heavy atom. The summed E-state index contributed by atoms with van der Waals surface area (Å²) in [6.45, 7) is 1.62. The predicted molar refractivity (Wildman–Crippen MR) is 46.6 cm³/mol. The van der Waals surface area contributed by atoms with E-state index in [1.807, 2.05) is 0 Å². The Morgan fingerprint density at radius 1 is 1.00 bits per heavy atom. The summed E-state index contributed by atoms with van der Waals surface area (Å²) in [5.41, 5.74) is 0. The van der Waals surface area contributed by atoms with Gasteiger partial charge >= 0.3 is 0 Å². The predicted octanol–water partition coefficient (Wildman–Crippen LogP) is 3.81. The van der Waals surface area contributed by atoms with Crippen LogP contribution in [0.1, 0.15) is 39.0 Å². The standard InChI is InChI=1S/C10H17F3/c1-7(9(11)10(12)13)8-5-3-2-4-6-8/h7-10H,2-6H2,1H3. The van der Waals surface area contributed by atoms with Crippen molar-refractivity contribution in [2.75, 3.05) is 0 Å². The largest absolute Gasteiger partial charge is 0.269 e. The molecule has 1 aliphatic carbocycles. The third-order valence-corrected chi connectivity index (χ3v) is 3.14. The molecule has 0 nitrogen and oxygen atoms in total. The van der Waals surface area contributed by atoms with Crippen LogP contribution in [0.5, 0.6) is 0 Å². The number of rotatable bonds is 3. The van der Waals surface area contributed by atoms with Gasteiger partial charge in [-0.2, -0.15) is 0 Å². The van der Waals surface area contributed by atoms with Crippen LogP contribution in [0.3, 0.4) is 0 Å². The Kier molecular flexibility index (Phi) is 4.07. The summed E-state index contributed by atoms with van der Waals surface area (Å²) in [6.07, 6.45) is 0.438. The van der Waals surface area contributed by atoms with E-state index in [9.17, 15) is 13.2 Å². The number of halogens is 3. The lowest BCUT2D eigenvalue weighted by Gasteiger charge is -2.29. The molecule has 0 aliphatic heterocycles. The van der Waals surface area contributed by atoms with Crippen LogP contribution in [0.2, 0.25) is 0 Å². The summed E-state index contributed by atoms with van der Waals surface area (Å²) in [5.74, 6) is -0.293. The van der Waals surface area contributed by atoms with Gasteiger partial charge in [0.1, 0.15) is 0 Å². The molecule has 1 saturated carbocycles. The molecule has 2 atom stereocenters. The average Bonchev–Trinajstić information content (AvgIpc) is 2.17. The van der Waals surface area contributed by atoms with E-state index in [0.29, 0.717) is 0 Å². The molecule has 0 saturated heterocycles. The van der Waals surface area contributed by atoms with Crippen molar-refractivity contribution in [3.63, 3.8) is 0 Å². The molecule has 0 N–H and O–H groups in total. The maximum Gasteiger partial charge on any atom is 0.269 e. The maximum absolute atomic E-state index is 13.0. The molecule has 0 aromatic carbocycles. The van der Waals surface area contributed by atoms with E-state index < -0.39 is 18.5 Å². The fourth-order valence-corrected chi connectivity index (χ4v) is 2.15. The van der Waals surface area contributed by atoms with Crippen LogP contribution in [-0.2, 0) is 0 Å². The van der Waals surface area contributed by atoms with Gasteiger partial charge in [-0.05, 0) is 11.8 Å². The van der Waals surface area contributed by atoms with Gasteiger partial charge < -0.3 is 0 Å². The molecule has 1 fully saturated rings.